The summed E-state index contributed by atoms with van der Waals surface area (Å²) in [5, 5.41) is -0.0654. The third kappa shape index (κ3) is 3.92. The van der Waals surface area contributed by atoms with Crippen molar-refractivity contribution in [1.29, 1.82) is 0 Å². The third-order valence-electron chi connectivity index (χ3n) is 3.64. The van der Waals surface area contributed by atoms with Crippen LogP contribution in [0.4, 0.5) is 0 Å². The number of benzene rings is 1. The summed E-state index contributed by atoms with van der Waals surface area (Å²) in [5.74, 6) is 1.09. The summed E-state index contributed by atoms with van der Waals surface area (Å²) in [4.78, 5) is 15.6. The zero-order valence-electron chi connectivity index (χ0n) is 12.3. The van der Waals surface area contributed by atoms with Crippen LogP contribution < -0.4 is 4.74 Å². The molecule has 0 radical (unpaired) electrons. The van der Waals surface area contributed by atoms with E-state index in [0.717, 1.165) is 36.6 Å². The first kappa shape index (κ1) is 15.2. The highest BCUT2D eigenvalue weighted by Crippen LogP contribution is 2.32. The minimum absolute atomic E-state index is 0.0654. The van der Waals surface area contributed by atoms with Gasteiger partial charge in [-0.3, -0.25) is 4.79 Å². The lowest BCUT2D eigenvalue weighted by atomic mass is 10.2. The Bertz CT molecular complexity index is 442. The maximum atomic E-state index is 12.5. The first-order valence-corrected chi connectivity index (χ1v) is 8.19. The number of methoxy groups -OCH3 is 1. The molecule has 1 fully saturated rings. The number of hydrogen-bond donors (Lipinski definition) is 0. The fraction of sp³-hybridized carbons (Fsp3) is 0.562. The molecule has 2 rings (SSSR count). The smallest absolute Gasteiger partial charge is 0.235 e. The number of ether oxygens (including phenoxy) is 1. The summed E-state index contributed by atoms with van der Waals surface area (Å²) in [6.07, 6.45) is 4.77. The number of amides is 1. The van der Waals surface area contributed by atoms with Crippen LogP contribution in [0.15, 0.2) is 29.2 Å². The molecule has 0 aromatic heterocycles. The summed E-state index contributed by atoms with van der Waals surface area (Å²) in [7, 11) is 1.67. The number of carbonyl (C=O) groups is 1. The third-order valence-corrected chi connectivity index (χ3v) is 4.78. The monoisotopic (exact) mass is 293 g/mol. The summed E-state index contributed by atoms with van der Waals surface area (Å²) in [6, 6.07) is 7.87. The average molecular weight is 293 g/mol. The Morgan fingerprint density at radius 1 is 1.20 bits per heavy atom. The molecule has 1 saturated heterocycles. The molecule has 1 aliphatic rings. The van der Waals surface area contributed by atoms with E-state index in [1.54, 1.807) is 18.9 Å². The molecule has 4 heteroatoms. The summed E-state index contributed by atoms with van der Waals surface area (Å²) in [5.41, 5.74) is 0. The zero-order chi connectivity index (χ0) is 14.4. The van der Waals surface area contributed by atoms with E-state index in [1.807, 2.05) is 36.1 Å². The van der Waals surface area contributed by atoms with Crippen molar-refractivity contribution in [3.63, 3.8) is 0 Å². The predicted octanol–water partition coefficient (Wildman–Crippen LogP) is 3.58. The van der Waals surface area contributed by atoms with Gasteiger partial charge in [0, 0.05) is 13.1 Å². The number of carbonyl (C=O) groups excluding carboxylic acids is 1. The van der Waals surface area contributed by atoms with Crippen LogP contribution in [0.2, 0.25) is 0 Å². The SMILES string of the molecule is COc1ccccc1SC(C)C(=O)N1CCCCCC1. The minimum Gasteiger partial charge on any atom is -0.496 e. The highest BCUT2D eigenvalue weighted by molar-refractivity contribution is 8.00. The van der Waals surface area contributed by atoms with Crippen LogP contribution in [0.1, 0.15) is 32.6 Å². The molecule has 20 heavy (non-hydrogen) atoms. The van der Waals surface area contributed by atoms with Gasteiger partial charge in [0.15, 0.2) is 0 Å². The second-order valence-electron chi connectivity index (χ2n) is 5.15. The molecule has 1 atom stereocenters. The van der Waals surface area contributed by atoms with E-state index < -0.39 is 0 Å². The Kier molecular flexibility index (Phi) is 5.77. The molecule has 1 aromatic rings. The van der Waals surface area contributed by atoms with E-state index in [0.29, 0.717) is 0 Å². The summed E-state index contributed by atoms with van der Waals surface area (Å²) >= 11 is 1.59. The minimum atomic E-state index is -0.0654. The van der Waals surface area contributed by atoms with Crippen molar-refractivity contribution in [1.82, 2.24) is 4.90 Å². The number of para-hydroxylation sites is 1. The van der Waals surface area contributed by atoms with E-state index >= 15 is 0 Å². The molecular formula is C16H23NO2S. The van der Waals surface area contributed by atoms with Gasteiger partial charge in [0.2, 0.25) is 5.91 Å². The van der Waals surface area contributed by atoms with Crippen molar-refractivity contribution in [2.24, 2.45) is 0 Å². The standard InChI is InChI=1S/C16H23NO2S/c1-13(16(18)17-11-7-3-4-8-12-17)20-15-10-6-5-9-14(15)19-2/h5-6,9-10,13H,3-4,7-8,11-12H2,1-2H3. The predicted molar refractivity (Wildman–Crippen MR) is 83.4 cm³/mol. The Hall–Kier alpha value is -1.16. The quantitative estimate of drug-likeness (QED) is 0.795. The lowest BCUT2D eigenvalue weighted by Crippen LogP contribution is -2.37. The van der Waals surface area contributed by atoms with E-state index in [2.05, 4.69) is 0 Å². The second-order valence-corrected chi connectivity index (χ2v) is 6.53. The second kappa shape index (κ2) is 7.58. The van der Waals surface area contributed by atoms with Crippen LogP contribution in [0, 0.1) is 0 Å². The van der Waals surface area contributed by atoms with Gasteiger partial charge in [0.25, 0.3) is 0 Å². The average Bonchev–Trinajstić information content (AvgIpc) is 2.76. The Morgan fingerprint density at radius 3 is 2.50 bits per heavy atom. The molecule has 0 aliphatic carbocycles. The van der Waals surface area contributed by atoms with Crippen molar-refractivity contribution < 1.29 is 9.53 Å². The van der Waals surface area contributed by atoms with Gasteiger partial charge in [0.1, 0.15) is 5.75 Å². The normalized spacial score (nSPS) is 17.4. The van der Waals surface area contributed by atoms with Crippen LogP contribution >= 0.6 is 11.8 Å². The maximum absolute atomic E-state index is 12.5. The van der Waals surface area contributed by atoms with Crippen molar-refractivity contribution in [3.05, 3.63) is 24.3 Å². The van der Waals surface area contributed by atoms with Crippen molar-refractivity contribution in [3.8, 4) is 5.75 Å². The summed E-state index contributed by atoms with van der Waals surface area (Å²) in [6.45, 7) is 3.82. The van der Waals surface area contributed by atoms with Crippen molar-refractivity contribution >= 4 is 17.7 Å². The first-order chi connectivity index (χ1) is 9.72. The molecule has 0 saturated carbocycles. The van der Waals surface area contributed by atoms with Crippen LogP contribution in [0.3, 0.4) is 0 Å². The van der Waals surface area contributed by atoms with Gasteiger partial charge in [-0.1, -0.05) is 25.0 Å². The van der Waals surface area contributed by atoms with Crippen LogP contribution in [0.25, 0.3) is 0 Å². The van der Waals surface area contributed by atoms with Crippen LogP contribution in [-0.4, -0.2) is 36.3 Å². The first-order valence-electron chi connectivity index (χ1n) is 7.31. The largest absolute Gasteiger partial charge is 0.496 e. The maximum Gasteiger partial charge on any atom is 0.235 e. The number of thioether (sulfide) groups is 1. The molecule has 1 aliphatic heterocycles. The molecule has 0 bridgehead atoms. The fourth-order valence-electron chi connectivity index (χ4n) is 2.51. The zero-order valence-corrected chi connectivity index (χ0v) is 13.1. The lowest BCUT2D eigenvalue weighted by Gasteiger charge is -2.24. The van der Waals surface area contributed by atoms with Crippen LogP contribution in [-0.2, 0) is 4.79 Å². The van der Waals surface area contributed by atoms with Crippen molar-refractivity contribution in [2.45, 2.75) is 42.8 Å². The Balaban J connectivity index is 1.99. The molecule has 0 spiro atoms. The molecule has 0 N–H and O–H groups in total. The highest BCUT2D eigenvalue weighted by atomic mass is 32.2. The van der Waals surface area contributed by atoms with E-state index in [-0.39, 0.29) is 11.2 Å². The van der Waals surface area contributed by atoms with E-state index in [4.69, 9.17) is 4.74 Å². The number of nitrogens with zero attached hydrogens (tertiary/aromatic N) is 1. The lowest BCUT2D eigenvalue weighted by molar-refractivity contribution is -0.130. The van der Waals surface area contributed by atoms with Gasteiger partial charge in [-0.05, 0) is 31.9 Å². The van der Waals surface area contributed by atoms with Gasteiger partial charge in [-0.2, -0.15) is 0 Å². The van der Waals surface area contributed by atoms with E-state index in [1.165, 1.54) is 12.8 Å². The number of hydrogen-bond acceptors (Lipinski definition) is 3. The number of rotatable bonds is 4. The van der Waals surface area contributed by atoms with Crippen molar-refractivity contribution in [2.75, 3.05) is 20.2 Å². The number of likely N-dealkylation sites (tertiary alicyclic amines) is 1. The Labute approximate surface area is 125 Å². The van der Waals surface area contributed by atoms with E-state index in [9.17, 15) is 4.79 Å². The van der Waals surface area contributed by atoms with Crippen LogP contribution in [0.5, 0.6) is 5.75 Å². The molecular weight excluding hydrogens is 270 g/mol. The molecule has 1 unspecified atom stereocenters. The van der Waals surface area contributed by atoms with Gasteiger partial charge in [0.05, 0.1) is 17.3 Å². The molecule has 3 nitrogen and oxygen atoms in total. The van der Waals surface area contributed by atoms with Gasteiger partial charge < -0.3 is 9.64 Å². The van der Waals surface area contributed by atoms with Gasteiger partial charge >= 0.3 is 0 Å². The molecule has 1 aromatic carbocycles. The van der Waals surface area contributed by atoms with Gasteiger partial charge in [-0.25, -0.2) is 0 Å². The molecule has 1 amide bonds. The highest BCUT2D eigenvalue weighted by Gasteiger charge is 2.23. The molecule has 110 valence electrons. The summed E-state index contributed by atoms with van der Waals surface area (Å²) < 4.78 is 5.35. The molecule has 1 heterocycles. The van der Waals surface area contributed by atoms with Gasteiger partial charge in [-0.15, -0.1) is 11.8 Å². The Morgan fingerprint density at radius 2 is 1.85 bits per heavy atom. The topological polar surface area (TPSA) is 29.5 Å². The fourth-order valence-corrected chi connectivity index (χ4v) is 3.56.